The van der Waals surface area contributed by atoms with Crippen molar-refractivity contribution in [3.05, 3.63) is 40.9 Å². The van der Waals surface area contributed by atoms with E-state index in [4.69, 9.17) is 4.74 Å². The molecule has 3 aromatic rings. The summed E-state index contributed by atoms with van der Waals surface area (Å²) in [5.74, 6) is 0.745. The van der Waals surface area contributed by atoms with Crippen LogP contribution in [0.4, 0.5) is 9.52 Å². The van der Waals surface area contributed by atoms with Gasteiger partial charge in [0, 0.05) is 12.0 Å². The summed E-state index contributed by atoms with van der Waals surface area (Å²) in [7, 11) is 0. The van der Waals surface area contributed by atoms with Gasteiger partial charge in [0.25, 0.3) is 0 Å². The van der Waals surface area contributed by atoms with E-state index in [0.717, 1.165) is 17.8 Å². The average molecular weight is 505 g/mol. The zero-order valence-corrected chi connectivity index (χ0v) is 21.2. The fourth-order valence-corrected chi connectivity index (χ4v) is 5.82. The summed E-state index contributed by atoms with van der Waals surface area (Å²) in [6.45, 7) is 5.80. The highest BCUT2D eigenvalue weighted by atomic mass is 32.2. The smallest absolute Gasteiger partial charge is 0.236 e. The normalized spacial score (nSPS) is 15.4. The molecule has 182 valence electrons. The number of carbonyl (C=O) groups is 1. The molecule has 0 spiro atoms. The summed E-state index contributed by atoms with van der Waals surface area (Å²) >= 11 is 2.75. The molecule has 1 aliphatic rings. The van der Waals surface area contributed by atoms with Crippen molar-refractivity contribution >= 4 is 34.1 Å². The molecule has 1 N–H and O–H groups in total. The molecule has 2 heterocycles. The number of benzene rings is 1. The van der Waals surface area contributed by atoms with E-state index < -0.39 is 11.9 Å². The number of amides is 1. The number of ether oxygens (including phenoxy) is 1. The van der Waals surface area contributed by atoms with Crippen molar-refractivity contribution in [3.63, 3.8) is 0 Å². The maximum absolute atomic E-state index is 14.0. The third kappa shape index (κ3) is 5.93. The molecule has 0 radical (unpaired) electrons. The predicted molar refractivity (Wildman–Crippen MR) is 131 cm³/mol. The summed E-state index contributed by atoms with van der Waals surface area (Å²) in [6.07, 6.45) is 5.51. The number of aromatic nitrogens is 5. The standard InChI is InChI=1S/C23H29FN6O2S2/c1-14(2)30-20(15(3)32-18-12-8-7-11-17(18)24)26-29-23(30)33-13-19(31)25-22-28-27-21(34-22)16-9-5-4-6-10-16/h7-8,11-12,14-16H,4-6,9-10,13H2,1-3H3,(H,25,28,31). The summed E-state index contributed by atoms with van der Waals surface area (Å²) in [5.41, 5.74) is 0. The topological polar surface area (TPSA) is 94.8 Å². The van der Waals surface area contributed by atoms with Crippen molar-refractivity contribution in [1.29, 1.82) is 0 Å². The summed E-state index contributed by atoms with van der Waals surface area (Å²) in [6, 6.07) is 6.29. The van der Waals surface area contributed by atoms with E-state index in [1.54, 1.807) is 25.1 Å². The molecule has 11 heteroatoms. The van der Waals surface area contributed by atoms with Crippen LogP contribution in [0.3, 0.4) is 0 Å². The van der Waals surface area contributed by atoms with E-state index in [0.29, 0.717) is 22.0 Å². The van der Waals surface area contributed by atoms with Gasteiger partial charge < -0.3 is 9.30 Å². The Morgan fingerprint density at radius 3 is 2.68 bits per heavy atom. The van der Waals surface area contributed by atoms with Gasteiger partial charge in [0.2, 0.25) is 11.0 Å². The van der Waals surface area contributed by atoms with Crippen LogP contribution in [-0.4, -0.2) is 36.6 Å². The third-order valence-electron chi connectivity index (χ3n) is 5.69. The van der Waals surface area contributed by atoms with Gasteiger partial charge in [-0.15, -0.1) is 20.4 Å². The number of rotatable bonds is 9. The Hall–Kier alpha value is -2.53. The molecule has 8 nitrogen and oxygen atoms in total. The maximum Gasteiger partial charge on any atom is 0.236 e. The van der Waals surface area contributed by atoms with Crippen LogP contribution in [0.15, 0.2) is 29.4 Å². The molecule has 1 aliphatic carbocycles. The number of nitrogens with one attached hydrogen (secondary N) is 1. The lowest BCUT2D eigenvalue weighted by Crippen LogP contribution is -2.16. The van der Waals surface area contributed by atoms with Crippen LogP contribution in [0.1, 0.15) is 81.8 Å². The predicted octanol–water partition coefficient (Wildman–Crippen LogP) is 5.77. The Morgan fingerprint density at radius 2 is 1.94 bits per heavy atom. The molecule has 0 saturated heterocycles. The number of halogens is 1. The Kier molecular flexibility index (Phi) is 8.15. The molecule has 1 fully saturated rings. The van der Waals surface area contributed by atoms with Gasteiger partial charge in [-0.1, -0.05) is 54.5 Å². The third-order valence-corrected chi connectivity index (χ3v) is 7.63. The SMILES string of the molecule is CC(Oc1ccccc1F)c1nnc(SCC(=O)Nc2nnc(C3CCCCC3)s2)n1C(C)C. The van der Waals surface area contributed by atoms with Crippen LogP contribution in [0, 0.1) is 5.82 Å². The van der Waals surface area contributed by atoms with Crippen molar-refractivity contribution in [2.24, 2.45) is 0 Å². The zero-order valence-electron chi connectivity index (χ0n) is 19.5. The second-order valence-electron chi connectivity index (χ2n) is 8.61. The Morgan fingerprint density at radius 1 is 1.18 bits per heavy atom. The summed E-state index contributed by atoms with van der Waals surface area (Å²) in [4.78, 5) is 12.6. The van der Waals surface area contributed by atoms with Gasteiger partial charge in [-0.2, -0.15) is 0 Å². The molecule has 1 aromatic carbocycles. The second-order valence-corrected chi connectivity index (χ2v) is 10.6. The Bertz CT molecular complexity index is 1110. The van der Waals surface area contributed by atoms with Crippen LogP contribution in [-0.2, 0) is 4.79 Å². The van der Waals surface area contributed by atoms with E-state index in [-0.39, 0.29) is 23.5 Å². The average Bonchev–Trinajstić information content (AvgIpc) is 3.47. The molecule has 1 unspecified atom stereocenters. The number of para-hydroxylation sites is 1. The van der Waals surface area contributed by atoms with Gasteiger partial charge in [-0.3, -0.25) is 10.1 Å². The van der Waals surface area contributed by atoms with Crippen molar-refractivity contribution in [3.8, 4) is 5.75 Å². The van der Waals surface area contributed by atoms with Gasteiger partial charge >= 0.3 is 0 Å². The number of thioether (sulfide) groups is 1. The van der Waals surface area contributed by atoms with Gasteiger partial charge in [-0.05, 0) is 45.7 Å². The molecular formula is C23H29FN6O2S2. The summed E-state index contributed by atoms with van der Waals surface area (Å²) in [5, 5.41) is 22.0. The van der Waals surface area contributed by atoms with Crippen LogP contribution in [0.5, 0.6) is 5.75 Å². The first-order valence-electron chi connectivity index (χ1n) is 11.5. The van der Waals surface area contributed by atoms with E-state index in [2.05, 4.69) is 25.7 Å². The van der Waals surface area contributed by atoms with Crippen molar-refractivity contribution < 1.29 is 13.9 Å². The monoisotopic (exact) mass is 504 g/mol. The number of anilines is 1. The zero-order chi connectivity index (χ0) is 24.1. The Balaban J connectivity index is 1.37. The highest BCUT2D eigenvalue weighted by Gasteiger charge is 2.24. The number of carbonyl (C=O) groups excluding carboxylic acids is 1. The van der Waals surface area contributed by atoms with Gasteiger partial charge in [0.1, 0.15) is 5.01 Å². The maximum atomic E-state index is 14.0. The Labute approximate surface area is 206 Å². The molecule has 1 amide bonds. The molecule has 0 aliphatic heterocycles. The van der Waals surface area contributed by atoms with Crippen LogP contribution in [0.2, 0.25) is 0 Å². The molecule has 34 heavy (non-hydrogen) atoms. The van der Waals surface area contributed by atoms with E-state index >= 15 is 0 Å². The minimum absolute atomic E-state index is 0.0310. The molecule has 0 bridgehead atoms. The number of nitrogens with zero attached hydrogens (tertiary/aromatic N) is 5. The van der Waals surface area contributed by atoms with Gasteiger partial charge in [0.15, 0.2) is 28.7 Å². The molecule has 1 atom stereocenters. The lowest BCUT2D eigenvalue weighted by atomic mass is 9.90. The van der Waals surface area contributed by atoms with Gasteiger partial charge in [-0.25, -0.2) is 4.39 Å². The quantitative estimate of drug-likeness (QED) is 0.370. The van der Waals surface area contributed by atoms with E-state index in [9.17, 15) is 9.18 Å². The molecule has 2 aromatic heterocycles. The van der Waals surface area contributed by atoms with Crippen LogP contribution in [0.25, 0.3) is 0 Å². The first kappa shape index (κ1) is 24.6. The molecule has 4 rings (SSSR count). The fraction of sp³-hybridized carbons (Fsp3) is 0.522. The largest absolute Gasteiger partial charge is 0.480 e. The minimum atomic E-state index is -0.519. The van der Waals surface area contributed by atoms with E-state index in [1.165, 1.54) is 48.4 Å². The second kappa shape index (κ2) is 11.3. The first-order valence-corrected chi connectivity index (χ1v) is 13.3. The highest BCUT2D eigenvalue weighted by molar-refractivity contribution is 7.99. The minimum Gasteiger partial charge on any atom is -0.480 e. The van der Waals surface area contributed by atoms with E-state index in [1.807, 2.05) is 18.4 Å². The highest BCUT2D eigenvalue weighted by Crippen LogP contribution is 2.35. The van der Waals surface area contributed by atoms with Crippen molar-refractivity contribution in [2.45, 2.75) is 76.1 Å². The van der Waals surface area contributed by atoms with Gasteiger partial charge in [0.05, 0.1) is 5.75 Å². The van der Waals surface area contributed by atoms with Crippen LogP contribution < -0.4 is 10.1 Å². The summed E-state index contributed by atoms with van der Waals surface area (Å²) < 4.78 is 21.7. The molecule has 1 saturated carbocycles. The van der Waals surface area contributed by atoms with Crippen molar-refractivity contribution in [2.75, 3.05) is 11.1 Å². The van der Waals surface area contributed by atoms with Crippen molar-refractivity contribution in [1.82, 2.24) is 25.0 Å². The first-order chi connectivity index (χ1) is 16.4. The number of hydrogen-bond donors (Lipinski definition) is 1. The van der Waals surface area contributed by atoms with Crippen LogP contribution >= 0.6 is 23.1 Å². The fourth-order valence-electron chi connectivity index (χ4n) is 4.02. The number of hydrogen-bond acceptors (Lipinski definition) is 8. The lowest BCUT2D eigenvalue weighted by molar-refractivity contribution is -0.113. The lowest BCUT2D eigenvalue weighted by Gasteiger charge is -2.19. The molecular weight excluding hydrogens is 475 g/mol.